The minimum atomic E-state index is 0.136. The summed E-state index contributed by atoms with van der Waals surface area (Å²) >= 11 is 0. The second-order valence-electron chi connectivity index (χ2n) is 8.07. The molecule has 1 saturated carbocycles. The molecule has 148 valence electrons. The number of rotatable bonds is 7. The highest BCUT2D eigenvalue weighted by molar-refractivity contribution is 5.94. The average Bonchev–Trinajstić information content (AvgIpc) is 3.58. The van der Waals surface area contributed by atoms with Gasteiger partial charge in [-0.2, -0.15) is 0 Å². The topological polar surface area (TPSA) is 38.8 Å². The number of carbonyl (C=O) groups is 1. The van der Waals surface area contributed by atoms with Gasteiger partial charge in [0.25, 0.3) is 5.91 Å². The number of methoxy groups -OCH3 is 1. The zero-order valence-corrected chi connectivity index (χ0v) is 16.6. The molecule has 28 heavy (non-hydrogen) atoms. The molecule has 0 N–H and O–H groups in total. The molecule has 2 aliphatic rings. The summed E-state index contributed by atoms with van der Waals surface area (Å²) < 4.78 is 11.0. The molecule has 1 saturated heterocycles. The van der Waals surface area contributed by atoms with Crippen LogP contribution in [0.1, 0.15) is 41.6 Å². The molecule has 1 amide bonds. The molecule has 0 radical (unpaired) electrons. The number of hydrogen-bond donors (Lipinski definition) is 0. The van der Waals surface area contributed by atoms with Gasteiger partial charge in [-0.25, -0.2) is 0 Å². The first-order valence-electron chi connectivity index (χ1n) is 10.4. The number of amides is 1. The monoisotopic (exact) mass is 379 g/mol. The lowest BCUT2D eigenvalue weighted by Gasteiger charge is -2.32. The predicted octanol–water partition coefficient (Wildman–Crippen LogP) is 4.58. The average molecular weight is 380 g/mol. The molecule has 2 aromatic carbocycles. The van der Waals surface area contributed by atoms with E-state index in [0.29, 0.717) is 5.92 Å². The maximum absolute atomic E-state index is 12.8. The molecule has 1 aliphatic heterocycles. The van der Waals surface area contributed by atoms with Crippen molar-refractivity contribution in [2.45, 2.75) is 32.1 Å². The van der Waals surface area contributed by atoms with E-state index >= 15 is 0 Å². The van der Waals surface area contributed by atoms with E-state index in [-0.39, 0.29) is 5.91 Å². The molecule has 0 unspecified atom stereocenters. The van der Waals surface area contributed by atoms with E-state index in [0.717, 1.165) is 61.9 Å². The van der Waals surface area contributed by atoms with Crippen molar-refractivity contribution in [2.75, 3.05) is 26.8 Å². The van der Waals surface area contributed by atoms with E-state index in [9.17, 15) is 4.79 Å². The zero-order chi connectivity index (χ0) is 19.3. The second-order valence-corrected chi connectivity index (χ2v) is 8.07. The number of ether oxygens (including phenoxy) is 2. The molecule has 4 rings (SSSR count). The van der Waals surface area contributed by atoms with Crippen LogP contribution in [0.15, 0.2) is 48.5 Å². The van der Waals surface area contributed by atoms with Gasteiger partial charge in [0, 0.05) is 18.7 Å². The highest BCUT2D eigenvalue weighted by Crippen LogP contribution is 2.29. The Bertz CT molecular complexity index is 773. The third kappa shape index (κ3) is 4.86. The lowest BCUT2D eigenvalue weighted by atomic mass is 9.90. The summed E-state index contributed by atoms with van der Waals surface area (Å²) in [6.45, 7) is 2.47. The molecule has 1 aliphatic carbocycles. The smallest absolute Gasteiger partial charge is 0.253 e. The maximum Gasteiger partial charge on any atom is 0.253 e. The van der Waals surface area contributed by atoms with E-state index in [1.54, 1.807) is 7.11 Å². The van der Waals surface area contributed by atoms with E-state index in [2.05, 4.69) is 12.1 Å². The zero-order valence-electron chi connectivity index (χ0n) is 16.6. The van der Waals surface area contributed by atoms with E-state index in [4.69, 9.17) is 9.47 Å². The van der Waals surface area contributed by atoms with Crippen molar-refractivity contribution >= 4 is 5.91 Å². The number of hydrogen-bond acceptors (Lipinski definition) is 3. The highest BCUT2D eigenvalue weighted by atomic mass is 16.5. The Morgan fingerprint density at radius 1 is 0.893 bits per heavy atom. The van der Waals surface area contributed by atoms with Crippen LogP contribution in [0.4, 0.5) is 0 Å². The van der Waals surface area contributed by atoms with Gasteiger partial charge in [-0.05, 0) is 85.9 Å². The van der Waals surface area contributed by atoms with Crippen LogP contribution in [-0.2, 0) is 6.42 Å². The third-order valence-electron chi connectivity index (χ3n) is 5.87. The summed E-state index contributed by atoms with van der Waals surface area (Å²) in [6.07, 6.45) is 5.75. The van der Waals surface area contributed by atoms with Crippen molar-refractivity contribution in [3.63, 3.8) is 0 Å². The first-order valence-corrected chi connectivity index (χ1v) is 10.4. The van der Waals surface area contributed by atoms with Gasteiger partial charge in [0.05, 0.1) is 13.7 Å². The van der Waals surface area contributed by atoms with Crippen molar-refractivity contribution in [3.05, 3.63) is 59.7 Å². The summed E-state index contributed by atoms with van der Waals surface area (Å²) in [5.41, 5.74) is 2.10. The molecule has 1 heterocycles. The minimum absolute atomic E-state index is 0.136. The molecule has 2 fully saturated rings. The van der Waals surface area contributed by atoms with Crippen LogP contribution >= 0.6 is 0 Å². The second kappa shape index (κ2) is 8.68. The lowest BCUT2D eigenvalue weighted by Crippen LogP contribution is -2.38. The summed E-state index contributed by atoms with van der Waals surface area (Å²) in [4.78, 5) is 14.8. The summed E-state index contributed by atoms with van der Waals surface area (Å²) in [7, 11) is 1.69. The van der Waals surface area contributed by atoms with Gasteiger partial charge in [-0.15, -0.1) is 0 Å². The van der Waals surface area contributed by atoms with Crippen molar-refractivity contribution in [2.24, 2.45) is 11.8 Å². The van der Waals surface area contributed by atoms with Gasteiger partial charge >= 0.3 is 0 Å². The Morgan fingerprint density at radius 3 is 2.14 bits per heavy atom. The van der Waals surface area contributed by atoms with Gasteiger partial charge < -0.3 is 14.4 Å². The molecule has 0 aromatic heterocycles. The Kier molecular flexibility index (Phi) is 5.84. The van der Waals surface area contributed by atoms with Crippen molar-refractivity contribution in [1.29, 1.82) is 0 Å². The number of piperidine rings is 1. The molecule has 0 atom stereocenters. The Balaban J connectivity index is 1.25. The van der Waals surface area contributed by atoms with Crippen LogP contribution in [-0.4, -0.2) is 37.6 Å². The molecule has 0 spiro atoms. The number of likely N-dealkylation sites (tertiary alicyclic amines) is 1. The standard InChI is InChI=1S/C24H29NO3/c1-27-22-8-4-18(5-9-22)16-19-12-14-25(15-13-19)24(26)21-6-10-23(11-7-21)28-17-20-2-3-20/h4-11,19-20H,2-3,12-17H2,1H3. The molecule has 4 heteroatoms. The fourth-order valence-electron chi connectivity index (χ4n) is 3.81. The molecule has 2 aromatic rings. The molecular formula is C24H29NO3. The van der Waals surface area contributed by atoms with Gasteiger partial charge in [0.1, 0.15) is 11.5 Å². The van der Waals surface area contributed by atoms with Crippen LogP contribution in [0.3, 0.4) is 0 Å². The maximum atomic E-state index is 12.8. The van der Waals surface area contributed by atoms with Gasteiger partial charge in [0.15, 0.2) is 0 Å². The van der Waals surface area contributed by atoms with Crippen LogP contribution < -0.4 is 9.47 Å². The Labute approximate surface area is 167 Å². The first kappa shape index (κ1) is 18.9. The van der Waals surface area contributed by atoms with Gasteiger partial charge in [0.2, 0.25) is 0 Å². The summed E-state index contributed by atoms with van der Waals surface area (Å²) in [6, 6.07) is 16.0. The quantitative estimate of drug-likeness (QED) is 0.707. The highest BCUT2D eigenvalue weighted by Gasteiger charge is 2.24. The summed E-state index contributed by atoms with van der Waals surface area (Å²) in [5, 5.41) is 0. The number of benzene rings is 2. The first-order chi connectivity index (χ1) is 13.7. The van der Waals surface area contributed by atoms with Crippen LogP contribution in [0, 0.1) is 11.8 Å². The predicted molar refractivity (Wildman–Crippen MR) is 110 cm³/mol. The van der Waals surface area contributed by atoms with Crippen LogP contribution in [0.5, 0.6) is 11.5 Å². The van der Waals surface area contributed by atoms with E-state index in [1.807, 2.05) is 41.3 Å². The largest absolute Gasteiger partial charge is 0.497 e. The minimum Gasteiger partial charge on any atom is -0.497 e. The third-order valence-corrected chi connectivity index (χ3v) is 5.87. The van der Waals surface area contributed by atoms with Crippen LogP contribution in [0.2, 0.25) is 0 Å². The number of nitrogens with zero attached hydrogens (tertiary/aromatic N) is 1. The van der Waals surface area contributed by atoms with E-state index in [1.165, 1.54) is 18.4 Å². The van der Waals surface area contributed by atoms with Crippen molar-refractivity contribution in [3.8, 4) is 11.5 Å². The molecule has 0 bridgehead atoms. The number of carbonyl (C=O) groups excluding carboxylic acids is 1. The van der Waals surface area contributed by atoms with Crippen LogP contribution in [0.25, 0.3) is 0 Å². The Morgan fingerprint density at radius 2 is 1.54 bits per heavy atom. The molecular weight excluding hydrogens is 350 g/mol. The van der Waals surface area contributed by atoms with Crippen molar-refractivity contribution < 1.29 is 14.3 Å². The Hall–Kier alpha value is -2.49. The fraction of sp³-hybridized carbons (Fsp3) is 0.458. The molecule has 4 nitrogen and oxygen atoms in total. The normalized spacial score (nSPS) is 17.4. The van der Waals surface area contributed by atoms with E-state index < -0.39 is 0 Å². The SMILES string of the molecule is COc1ccc(CC2CCN(C(=O)c3ccc(OCC4CC4)cc3)CC2)cc1. The van der Waals surface area contributed by atoms with Gasteiger partial charge in [-0.3, -0.25) is 4.79 Å². The van der Waals surface area contributed by atoms with Gasteiger partial charge in [-0.1, -0.05) is 12.1 Å². The fourth-order valence-corrected chi connectivity index (χ4v) is 3.81. The van der Waals surface area contributed by atoms with Crippen molar-refractivity contribution in [1.82, 2.24) is 4.90 Å². The lowest BCUT2D eigenvalue weighted by molar-refractivity contribution is 0.0690. The summed E-state index contributed by atoms with van der Waals surface area (Å²) in [5.74, 6) is 3.27.